The maximum absolute atomic E-state index is 15.0. The molecule has 0 radical (unpaired) electrons. The Balaban J connectivity index is 0.00000532. The standard InChI is InChI=1S/C47H74N2O6.K/c1-28(2)29-16-21-47(39(52)48-34-26-31(42(34,5)6)38(51)49-24-12-13-25-49)23-22-45(10)30(37(29)47)14-15-33-44(9)19-18-35(55-36(50)27-41(3,4)40(53)54)43(7,8)32(44)17-20-46(33,45)11;/h29-35,37H,1,12-27H2,2-11H3,(H,48,52)(H,53,54);/q;+1/p-1/t29-,30?,31+,32?,33?,34+,35-,37?,44-,45+,46+,47-;/m0./s1. The molecular weight excluding hydrogens is 728 g/mol. The number of carboxylic acids is 1. The van der Waals surface area contributed by atoms with Crippen molar-refractivity contribution >= 4 is 23.8 Å². The van der Waals surface area contributed by atoms with Crippen molar-refractivity contribution < 1.29 is 80.4 Å². The monoisotopic (exact) mass is 801 g/mol. The quantitative estimate of drug-likeness (QED) is 0.213. The van der Waals surface area contributed by atoms with Crippen LogP contribution in [0.3, 0.4) is 0 Å². The molecule has 7 aliphatic rings. The summed E-state index contributed by atoms with van der Waals surface area (Å²) >= 11 is 0. The minimum atomic E-state index is -1.27. The molecule has 1 heterocycles. The van der Waals surface area contributed by atoms with Crippen molar-refractivity contribution in [3.8, 4) is 0 Å². The molecule has 7 rings (SSSR count). The number of carbonyl (C=O) groups is 4. The molecule has 8 nitrogen and oxygen atoms in total. The van der Waals surface area contributed by atoms with E-state index in [1.165, 1.54) is 19.4 Å². The number of amides is 2. The Morgan fingerprint density at radius 3 is 2.09 bits per heavy atom. The maximum Gasteiger partial charge on any atom is 1.00 e. The SMILES string of the molecule is C=C(C)[C@@H]1CC[C@]2(C(=O)N[C@@H]3C[C@H](C(=O)N4CCCC4)C3(C)C)CC[C@]3(C)C(CCC4[C@@]5(C)CC[C@H](OC(=O)CC(C)(C)C(=O)[O-])C(C)(C)C5CC[C@]43C)C12.[K+]. The molecule has 0 aromatic heterocycles. The van der Waals surface area contributed by atoms with Crippen LogP contribution in [0.2, 0.25) is 0 Å². The minimum absolute atomic E-state index is 0. The molecule has 7 fully saturated rings. The van der Waals surface area contributed by atoms with Gasteiger partial charge < -0.3 is 24.9 Å². The average Bonchev–Trinajstić information content (AvgIpc) is 3.77. The predicted molar refractivity (Wildman–Crippen MR) is 212 cm³/mol. The maximum atomic E-state index is 15.0. The second kappa shape index (κ2) is 15.0. The summed E-state index contributed by atoms with van der Waals surface area (Å²) in [5, 5.41) is 15.3. The second-order valence-electron chi connectivity index (χ2n) is 22.7. The van der Waals surface area contributed by atoms with E-state index in [1.807, 2.05) is 4.90 Å². The number of nitrogens with zero attached hydrogens (tertiary/aromatic N) is 1. The minimum Gasteiger partial charge on any atom is -0.550 e. The van der Waals surface area contributed by atoms with Gasteiger partial charge in [-0.2, -0.15) is 0 Å². The fourth-order valence-electron chi connectivity index (χ4n) is 15.4. The first-order chi connectivity index (χ1) is 25.5. The molecule has 1 N–H and O–H groups in total. The molecule has 2 amide bonds. The van der Waals surface area contributed by atoms with Crippen LogP contribution in [0, 0.1) is 73.4 Å². The Bertz CT molecular complexity index is 1620. The predicted octanol–water partition coefficient (Wildman–Crippen LogP) is 4.88. The van der Waals surface area contributed by atoms with Crippen LogP contribution in [0.5, 0.6) is 0 Å². The van der Waals surface area contributed by atoms with Crippen LogP contribution in [-0.2, 0) is 23.9 Å². The normalized spacial score (nSPS) is 43.4. The van der Waals surface area contributed by atoms with E-state index in [1.54, 1.807) is 0 Å². The average molecular weight is 801 g/mol. The van der Waals surface area contributed by atoms with Gasteiger partial charge in [-0.05, 0) is 142 Å². The van der Waals surface area contributed by atoms with Crippen LogP contribution in [0.1, 0.15) is 159 Å². The molecule has 1 saturated heterocycles. The summed E-state index contributed by atoms with van der Waals surface area (Å²) in [6, 6.07) is 0.0191. The Morgan fingerprint density at radius 1 is 0.821 bits per heavy atom. The third-order valence-corrected chi connectivity index (χ3v) is 19.2. The number of hydrogen-bond acceptors (Lipinski definition) is 6. The number of likely N-dealkylation sites (tertiary alicyclic amines) is 1. The van der Waals surface area contributed by atoms with Crippen LogP contribution in [0.15, 0.2) is 12.2 Å². The van der Waals surface area contributed by atoms with Crippen LogP contribution in [-0.4, -0.2) is 53.9 Å². The van der Waals surface area contributed by atoms with Crippen LogP contribution in [0.4, 0.5) is 0 Å². The molecule has 1 aliphatic heterocycles. The molecule has 308 valence electrons. The largest absolute Gasteiger partial charge is 1.00 e. The van der Waals surface area contributed by atoms with E-state index in [0.717, 1.165) is 96.6 Å². The van der Waals surface area contributed by atoms with Crippen molar-refractivity contribution in [2.75, 3.05) is 13.1 Å². The fourth-order valence-corrected chi connectivity index (χ4v) is 15.4. The number of aliphatic carboxylic acids is 1. The number of hydrogen-bond donors (Lipinski definition) is 1. The molecule has 0 aromatic carbocycles. The van der Waals surface area contributed by atoms with Gasteiger partial charge in [0.05, 0.1) is 11.8 Å². The first-order valence-electron chi connectivity index (χ1n) is 22.1. The van der Waals surface area contributed by atoms with Crippen molar-refractivity contribution in [3.05, 3.63) is 12.2 Å². The topological polar surface area (TPSA) is 116 Å². The van der Waals surface area contributed by atoms with Gasteiger partial charge in [-0.3, -0.25) is 14.4 Å². The van der Waals surface area contributed by atoms with E-state index in [2.05, 4.69) is 67.3 Å². The van der Waals surface area contributed by atoms with Gasteiger partial charge in [-0.1, -0.05) is 74.5 Å². The van der Waals surface area contributed by atoms with Gasteiger partial charge in [-0.15, -0.1) is 0 Å². The fraction of sp³-hybridized carbons (Fsp3) is 0.872. The molecule has 0 bridgehead atoms. The van der Waals surface area contributed by atoms with Gasteiger partial charge in [0.1, 0.15) is 6.10 Å². The summed E-state index contributed by atoms with van der Waals surface area (Å²) in [6.45, 7) is 28.2. The molecule has 56 heavy (non-hydrogen) atoms. The Labute approximate surface area is 381 Å². The van der Waals surface area contributed by atoms with Crippen LogP contribution in [0.25, 0.3) is 0 Å². The van der Waals surface area contributed by atoms with E-state index < -0.39 is 22.8 Å². The van der Waals surface area contributed by atoms with Crippen molar-refractivity contribution in [1.29, 1.82) is 0 Å². The molecule has 6 saturated carbocycles. The van der Waals surface area contributed by atoms with Gasteiger partial charge in [-0.25, -0.2) is 0 Å². The number of allylic oxidation sites excluding steroid dienone is 1. The van der Waals surface area contributed by atoms with E-state index >= 15 is 0 Å². The summed E-state index contributed by atoms with van der Waals surface area (Å²) in [4.78, 5) is 55.2. The van der Waals surface area contributed by atoms with E-state index in [-0.39, 0.29) is 121 Å². The molecule has 4 unspecified atom stereocenters. The third-order valence-electron chi connectivity index (χ3n) is 19.2. The zero-order valence-corrected chi connectivity index (χ0v) is 40.2. The molecule has 12 atom stereocenters. The van der Waals surface area contributed by atoms with Gasteiger partial charge >= 0.3 is 57.4 Å². The first kappa shape index (κ1) is 44.8. The number of esters is 1. The van der Waals surface area contributed by atoms with Crippen LogP contribution < -0.4 is 61.8 Å². The van der Waals surface area contributed by atoms with Crippen molar-refractivity contribution in [2.45, 2.75) is 171 Å². The van der Waals surface area contributed by atoms with E-state index in [0.29, 0.717) is 23.7 Å². The zero-order valence-electron chi connectivity index (χ0n) is 37.0. The number of rotatable bonds is 8. The Kier molecular flexibility index (Phi) is 12.0. The number of carboxylic acid groups (broad SMARTS) is 1. The third kappa shape index (κ3) is 6.62. The van der Waals surface area contributed by atoms with Gasteiger partial charge in [0.25, 0.3) is 0 Å². The summed E-state index contributed by atoms with van der Waals surface area (Å²) in [6.07, 6.45) is 12.7. The van der Waals surface area contributed by atoms with Crippen molar-refractivity contribution in [1.82, 2.24) is 10.2 Å². The van der Waals surface area contributed by atoms with Crippen LogP contribution >= 0.6 is 0 Å². The molecule has 6 aliphatic carbocycles. The summed E-state index contributed by atoms with van der Waals surface area (Å²) < 4.78 is 6.17. The smallest absolute Gasteiger partial charge is 0.550 e. The Hall–Kier alpha value is -0.744. The summed E-state index contributed by atoms with van der Waals surface area (Å²) in [5.74, 6) is 0.789. The van der Waals surface area contributed by atoms with Gasteiger partial charge in [0.15, 0.2) is 0 Å². The van der Waals surface area contributed by atoms with Gasteiger partial charge in [0.2, 0.25) is 11.8 Å². The first-order valence-corrected chi connectivity index (χ1v) is 22.1. The second-order valence-corrected chi connectivity index (χ2v) is 22.7. The van der Waals surface area contributed by atoms with E-state index in [9.17, 15) is 24.3 Å². The number of carbonyl (C=O) groups excluding carboxylic acids is 4. The molecule has 9 heteroatoms. The number of ether oxygens (including phenoxy) is 1. The number of nitrogens with one attached hydrogen (secondary N) is 1. The van der Waals surface area contributed by atoms with E-state index in [4.69, 9.17) is 4.74 Å². The molecule has 0 aromatic rings. The Morgan fingerprint density at radius 2 is 1.48 bits per heavy atom. The summed E-state index contributed by atoms with van der Waals surface area (Å²) in [7, 11) is 0. The number of fused-ring (bicyclic) bond motifs is 7. The van der Waals surface area contributed by atoms with Crippen molar-refractivity contribution in [2.24, 2.45) is 73.4 Å². The summed E-state index contributed by atoms with van der Waals surface area (Å²) in [5.41, 5.74) is -0.641. The molecular formula is C47H73KN2O6. The molecule has 0 spiro atoms. The van der Waals surface area contributed by atoms with Crippen molar-refractivity contribution in [3.63, 3.8) is 0 Å². The zero-order chi connectivity index (χ0) is 40.3. The van der Waals surface area contributed by atoms with Gasteiger partial charge in [0, 0.05) is 41.8 Å².